The highest BCUT2D eigenvalue weighted by atomic mass is 32.1. The van der Waals surface area contributed by atoms with Crippen molar-refractivity contribution in [3.8, 4) is 0 Å². The fourth-order valence-electron chi connectivity index (χ4n) is 2.80. The van der Waals surface area contributed by atoms with Gasteiger partial charge in [0.2, 0.25) is 0 Å². The third-order valence-corrected chi connectivity index (χ3v) is 5.23. The summed E-state index contributed by atoms with van der Waals surface area (Å²) in [5, 5.41) is 14.5. The van der Waals surface area contributed by atoms with Gasteiger partial charge in [-0.15, -0.1) is 11.3 Å². The predicted octanol–water partition coefficient (Wildman–Crippen LogP) is 1.75. The van der Waals surface area contributed by atoms with Gasteiger partial charge in [-0.3, -0.25) is 4.99 Å². The number of hydrogen-bond donors (Lipinski definition) is 2. The van der Waals surface area contributed by atoms with E-state index in [4.69, 9.17) is 4.98 Å². The zero-order valence-corrected chi connectivity index (χ0v) is 16.2. The minimum absolute atomic E-state index is 0.112. The molecule has 0 fully saturated rings. The second kappa shape index (κ2) is 7.51. The second-order valence-electron chi connectivity index (χ2n) is 7.36. The molecule has 0 saturated heterocycles. The first-order valence-corrected chi connectivity index (χ1v) is 9.62. The Labute approximate surface area is 153 Å². The molecule has 25 heavy (non-hydrogen) atoms. The van der Waals surface area contributed by atoms with Gasteiger partial charge < -0.3 is 10.6 Å². The van der Waals surface area contributed by atoms with Crippen LogP contribution in [0.4, 0.5) is 0 Å². The molecule has 1 unspecified atom stereocenters. The first-order valence-electron chi connectivity index (χ1n) is 8.74. The highest BCUT2D eigenvalue weighted by molar-refractivity contribution is 7.09. The number of guanidine groups is 1. The summed E-state index contributed by atoms with van der Waals surface area (Å²) in [7, 11) is 1.81. The van der Waals surface area contributed by atoms with Gasteiger partial charge in [0.15, 0.2) is 5.96 Å². The molecule has 0 aliphatic carbocycles. The highest BCUT2D eigenvalue weighted by Gasteiger charge is 2.20. The van der Waals surface area contributed by atoms with E-state index in [-0.39, 0.29) is 5.41 Å². The SMILES string of the molecule is CN=C(NCCc1nc(C(C)(C)C)cs1)NC1CCc2ncnn2C1. The van der Waals surface area contributed by atoms with Gasteiger partial charge in [0, 0.05) is 43.3 Å². The van der Waals surface area contributed by atoms with Crippen LogP contribution in [0.15, 0.2) is 16.7 Å². The molecule has 136 valence electrons. The third-order valence-electron chi connectivity index (χ3n) is 4.32. The quantitative estimate of drug-likeness (QED) is 0.641. The molecule has 3 heterocycles. The lowest BCUT2D eigenvalue weighted by atomic mass is 9.93. The number of nitrogens with zero attached hydrogens (tertiary/aromatic N) is 5. The molecule has 0 radical (unpaired) electrons. The molecule has 2 N–H and O–H groups in total. The number of aromatic nitrogens is 4. The van der Waals surface area contributed by atoms with E-state index in [1.54, 1.807) is 24.7 Å². The van der Waals surface area contributed by atoms with Gasteiger partial charge >= 0.3 is 0 Å². The van der Waals surface area contributed by atoms with E-state index in [0.29, 0.717) is 6.04 Å². The van der Waals surface area contributed by atoms with E-state index >= 15 is 0 Å². The lowest BCUT2D eigenvalue weighted by Crippen LogP contribution is -2.47. The molecule has 7 nitrogen and oxygen atoms in total. The van der Waals surface area contributed by atoms with E-state index in [1.807, 2.05) is 4.68 Å². The standard InChI is InChI=1S/C17H27N7S/c1-17(2,3)13-10-25-15(23-13)7-8-19-16(18-4)22-12-5-6-14-20-11-21-24(14)9-12/h10-12H,5-9H2,1-4H3,(H2,18,19,22). The van der Waals surface area contributed by atoms with E-state index in [9.17, 15) is 0 Å². The molecule has 2 aromatic heterocycles. The minimum Gasteiger partial charge on any atom is -0.356 e. The van der Waals surface area contributed by atoms with Crippen LogP contribution in [0.25, 0.3) is 0 Å². The molecule has 1 atom stereocenters. The van der Waals surface area contributed by atoms with Gasteiger partial charge in [-0.1, -0.05) is 20.8 Å². The molecule has 1 aliphatic rings. The molecule has 0 spiro atoms. The van der Waals surface area contributed by atoms with Crippen LogP contribution in [0.1, 0.15) is 43.7 Å². The zero-order chi connectivity index (χ0) is 17.9. The fourth-order valence-corrected chi connectivity index (χ4v) is 3.83. The van der Waals surface area contributed by atoms with Crippen molar-refractivity contribution < 1.29 is 0 Å². The maximum Gasteiger partial charge on any atom is 0.191 e. The fraction of sp³-hybridized carbons (Fsp3) is 0.647. The number of thiazole rings is 1. The minimum atomic E-state index is 0.112. The van der Waals surface area contributed by atoms with Gasteiger partial charge in [0.05, 0.1) is 17.2 Å². The first-order chi connectivity index (χ1) is 12.0. The predicted molar refractivity (Wildman–Crippen MR) is 101 cm³/mol. The van der Waals surface area contributed by atoms with Crippen molar-refractivity contribution in [3.63, 3.8) is 0 Å². The maximum absolute atomic E-state index is 4.74. The molecule has 2 aromatic rings. The average molecular weight is 362 g/mol. The van der Waals surface area contributed by atoms with Crippen molar-refractivity contribution in [2.45, 2.75) is 58.0 Å². The van der Waals surface area contributed by atoms with Gasteiger partial charge in [0.1, 0.15) is 12.2 Å². The number of fused-ring (bicyclic) bond motifs is 1. The molecule has 0 saturated carbocycles. The van der Waals surface area contributed by atoms with Crippen molar-refractivity contribution in [1.82, 2.24) is 30.4 Å². The lowest BCUT2D eigenvalue weighted by molar-refractivity contribution is 0.393. The topological polar surface area (TPSA) is 80.0 Å². The van der Waals surface area contributed by atoms with Crippen LogP contribution in [-0.2, 0) is 24.8 Å². The number of nitrogens with one attached hydrogen (secondary N) is 2. The summed E-state index contributed by atoms with van der Waals surface area (Å²) in [6.07, 6.45) is 4.52. The van der Waals surface area contributed by atoms with Crippen molar-refractivity contribution >= 4 is 17.3 Å². The summed E-state index contributed by atoms with van der Waals surface area (Å²) < 4.78 is 1.97. The van der Waals surface area contributed by atoms with Gasteiger partial charge in [-0.25, -0.2) is 14.6 Å². The largest absolute Gasteiger partial charge is 0.356 e. The summed E-state index contributed by atoms with van der Waals surface area (Å²) >= 11 is 1.73. The van der Waals surface area contributed by atoms with Gasteiger partial charge in [0.25, 0.3) is 0 Å². The normalized spacial score (nSPS) is 18.1. The summed E-state index contributed by atoms with van der Waals surface area (Å²) in [4.78, 5) is 13.3. The smallest absolute Gasteiger partial charge is 0.191 e. The average Bonchev–Trinajstić information content (AvgIpc) is 3.22. The Kier molecular flexibility index (Phi) is 5.36. The number of aryl methyl sites for hydroxylation is 1. The summed E-state index contributed by atoms with van der Waals surface area (Å²) in [6, 6.07) is 0.327. The Morgan fingerprint density at radius 3 is 3.00 bits per heavy atom. The Morgan fingerprint density at radius 2 is 2.28 bits per heavy atom. The molecule has 0 amide bonds. The number of aliphatic imine (C=N–C) groups is 1. The van der Waals surface area contributed by atoms with Crippen LogP contribution >= 0.6 is 11.3 Å². The van der Waals surface area contributed by atoms with Crippen LogP contribution in [0.2, 0.25) is 0 Å². The highest BCUT2D eigenvalue weighted by Crippen LogP contribution is 2.23. The molecule has 8 heteroatoms. The Morgan fingerprint density at radius 1 is 1.44 bits per heavy atom. The van der Waals surface area contributed by atoms with Crippen LogP contribution in [-0.4, -0.2) is 45.3 Å². The van der Waals surface area contributed by atoms with Crippen molar-refractivity contribution in [1.29, 1.82) is 0 Å². The van der Waals surface area contributed by atoms with E-state index < -0.39 is 0 Å². The van der Waals surface area contributed by atoms with E-state index in [2.05, 4.69) is 51.9 Å². The second-order valence-corrected chi connectivity index (χ2v) is 8.31. The van der Waals surface area contributed by atoms with Crippen molar-refractivity contribution in [3.05, 3.63) is 28.2 Å². The molecular formula is C17H27N7S. The van der Waals surface area contributed by atoms with Crippen LogP contribution < -0.4 is 10.6 Å². The molecule has 3 rings (SSSR count). The first kappa shape index (κ1) is 17.8. The number of rotatable bonds is 4. The van der Waals surface area contributed by atoms with E-state index in [0.717, 1.165) is 49.1 Å². The lowest BCUT2D eigenvalue weighted by Gasteiger charge is -2.25. The Hall–Kier alpha value is -1.96. The third kappa shape index (κ3) is 4.56. The zero-order valence-electron chi connectivity index (χ0n) is 15.4. The molecule has 1 aliphatic heterocycles. The molecular weight excluding hydrogens is 334 g/mol. The monoisotopic (exact) mass is 361 g/mol. The number of hydrogen-bond acceptors (Lipinski definition) is 5. The van der Waals surface area contributed by atoms with Crippen LogP contribution in [0, 0.1) is 0 Å². The summed E-state index contributed by atoms with van der Waals surface area (Å²) in [5.41, 5.74) is 1.28. The Bertz CT molecular complexity index is 725. The van der Waals surface area contributed by atoms with Crippen LogP contribution in [0.3, 0.4) is 0 Å². The van der Waals surface area contributed by atoms with Crippen molar-refractivity contribution in [2.24, 2.45) is 4.99 Å². The molecule has 0 bridgehead atoms. The maximum atomic E-state index is 4.74. The van der Waals surface area contributed by atoms with Gasteiger partial charge in [-0.05, 0) is 6.42 Å². The van der Waals surface area contributed by atoms with Gasteiger partial charge in [-0.2, -0.15) is 5.10 Å². The van der Waals surface area contributed by atoms with E-state index in [1.165, 1.54) is 5.69 Å². The molecule has 0 aromatic carbocycles. The summed E-state index contributed by atoms with van der Waals surface area (Å²) in [5.74, 6) is 1.90. The van der Waals surface area contributed by atoms with Crippen LogP contribution in [0.5, 0.6) is 0 Å². The summed E-state index contributed by atoms with van der Waals surface area (Å²) in [6.45, 7) is 8.23. The Balaban J connectivity index is 1.46. The van der Waals surface area contributed by atoms with Crippen molar-refractivity contribution in [2.75, 3.05) is 13.6 Å².